The van der Waals surface area contributed by atoms with Crippen LogP contribution in [0.5, 0.6) is 0 Å². The molecule has 1 amide bonds. The van der Waals surface area contributed by atoms with Gasteiger partial charge in [-0.2, -0.15) is 0 Å². The van der Waals surface area contributed by atoms with Gasteiger partial charge in [0.2, 0.25) is 5.91 Å². The number of aromatic nitrogens is 1. The number of nitrogens with two attached hydrogens (primary N) is 1. The molecule has 0 aliphatic rings. The van der Waals surface area contributed by atoms with E-state index in [1.807, 2.05) is 24.3 Å². The van der Waals surface area contributed by atoms with Crippen LogP contribution in [0.4, 0.5) is 5.82 Å². The standard InChI is InChI=1S/C14H14ClN3O3/c15-11-7-8-3-1-2-4-9(8)13(18-11)17-10(14(20)21)5-6-12(16)19/h1-4,7,10H,5-6H2,(H2,16,19)(H,17,18)(H,20,21). The summed E-state index contributed by atoms with van der Waals surface area (Å²) in [5.74, 6) is -1.26. The van der Waals surface area contributed by atoms with Crippen LogP contribution in [0.1, 0.15) is 12.8 Å². The fraction of sp³-hybridized carbons (Fsp3) is 0.214. The van der Waals surface area contributed by atoms with Crippen molar-refractivity contribution in [3.8, 4) is 0 Å². The zero-order chi connectivity index (χ0) is 15.4. The molecule has 7 heteroatoms. The molecule has 1 unspecified atom stereocenters. The largest absolute Gasteiger partial charge is 0.480 e. The molecule has 0 saturated carbocycles. The number of rotatable bonds is 6. The van der Waals surface area contributed by atoms with E-state index >= 15 is 0 Å². The van der Waals surface area contributed by atoms with E-state index in [1.54, 1.807) is 6.07 Å². The van der Waals surface area contributed by atoms with Gasteiger partial charge in [0, 0.05) is 11.8 Å². The minimum absolute atomic E-state index is 0.0253. The Hall–Kier alpha value is -2.34. The number of carboxylic acids is 1. The molecule has 110 valence electrons. The molecule has 6 nitrogen and oxygen atoms in total. The highest BCUT2D eigenvalue weighted by atomic mass is 35.5. The van der Waals surface area contributed by atoms with Crippen molar-refractivity contribution in [2.75, 3.05) is 5.32 Å². The number of pyridine rings is 1. The van der Waals surface area contributed by atoms with E-state index in [0.717, 1.165) is 10.8 Å². The summed E-state index contributed by atoms with van der Waals surface area (Å²) in [6.45, 7) is 0. The summed E-state index contributed by atoms with van der Waals surface area (Å²) in [6.07, 6.45) is 0.0512. The van der Waals surface area contributed by atoms with Gasteiger partial charge in [-0.15, -0.1) is 0 Å². The number of nitrogens with zero attached hydrogens (tertiary/aromatic N) is 1. The maximum absolute atomic E-state index is 11.3. The molecular weight excluding hydrogens is 294 g/mol. The van der Waals surface area contributed by atoms with E-state index in [1.165, 1.54) is 0 Å². The van der Waals surface area contributed by atoms with E-state index in [4.69, 9.17) is 17.3 Å². The quantitative estimate of drug-likeness (QED) is 0.708. The number of anilines is 1. The number of halogens is 1. The van der Waals surface area contributed by atoms with Crippen LogP contribution in [0.3, 0.4) is 0 Å². The van der Waals surface area contributed by atoms with Gasteiger partial charge < -0.3 is 16.2 Å². The van der Waals surface area contributed by atoms with Gasteiger partial charge in [0.15, 0.2) is 0 Å². The molecule has 0 aliphatic heterocycles. The van der Waals surface area contributed by atoms with Gasteiger partial charge in [-0.25, -0.2) is 9.78 Å². The lowest BCUT2D eigenvalue weighted by atomic mass is 10.1. The molecular formula is C14H14ClN3O3. The zero-order valence-corrected chi connectivity index (χ0v) is 11.8. The maximum atomic E-state index is 11.3. The van der Waals surface area contributed by atoms with Crippen molar-refractivity contribution >= 4 is 40.1 Å². The number of amides is 1. The van der Waals surface area contributed by atoms with Gasteiger partial charge >= 0.3 is 5.97 Å². The molecule has 1 aromatic carbocycles. The molecule has 1 aromatic heterocycles. The second-order valence-electron chi connectivity index (χ2n) is 4.55. The number of benzene rings is 1. The number of hydrogen-bond donors (Lipinski definition) is 3. The average Bonchev–Trinajstić information content (AvgIpc) is 2.42. The Kier molecular flexibility index (Phi) is 4.59. The first kappa shape index (κ1) is 15.1. The molecule has 0 bridgehead atoms. The van der Waals surface area contributed by atoms with Gasteiger partial charge in [-0.3, -0.25) is 4.79 Å². The Balaban J connectivity index is 2.32. The summed E-state index contributed by atoms with van der Waals surface area (Å²) in [5, 5.41) is 13.9. The lowest BCUT2D eigenvalue weighted by molar-refractivity contribution is -0.138. The van der Waals surface area contributed by atoms with E-state index in [0.29, 0.717) is 5.82 Å². The topological polar surface area (TPSA) is 105 Å². The number of aliphatic carboxylic acids is 1. The Morgan fingerprint density at radius 2 is 2.10 bits per heavy atom. The lowest BCUT2D eigenvalue weighted by Gasteiger charge is -2.16. The van der Waals surface area contributed by atoms with Crippen LogP contribution in [-0.2, 0) is 9.59 Å². The van der Waals surface area contributed by atoms with Crippen molar-refractivity contribution < 1.29 is 14.7 Å². The fourth-order valence-electron chi connectivity index (χ4n) is 1.99. The third-order valence-electron chi connectivity index (χ3n) is 3.00. The summed E-state index contributed by atoms with van der Waals surface area (Å²) in [7, 11) is 0. The molecule has 21 heavy (non-hydrogen) atoms. The Morgan fingerprint density at radius 3 is 2.76 bits per heavy atom. The van der Waals surface area contributed by atoms with Crippen molar-refractivity contribution in [1.29, 1.82) is 0 Å². The number of carboxylic acid groups (broad SMARTS) is 1. The van der Waals surface area contributed by atoms with E-state index < -0.39 is 17.9 Å². The van der Waals surface area contributed by atoms with Gasteiger partial charge in [0.1, 0.15) is 17.0 Å². The summed E-state index contributed by atoms with van der Waals surface area (Å²) >= 11 is 5.94. The number of primary amides is 1. The third-order valence-corrected chi connectivity index (χ3v) is 3.19. The molecule has 1 heterocycles. The Morgan fingerprint density at radius 1 is 1.38 bits per heavy atom. The average molecular weight is 308 g/mol. The second kappa shape index (κ2) is 6.41. The normalized spacial score (nSPS) is 12.0. The molecule has 0 radical (unpaired) electrons. The fourth-order valence-corrected chi connectivity index (χ4v) is 2.19. The van der Waals surface area contributed by atoms with Crippen molar-refractivity contribution in [1.82, 2.24) is 4.98 Å². The molecule has 1 atom stereocenters. The molecule has 0 fully saturated rings. The van der Waals surface area contributed by atoms with Crippen LogP contribution in [0.25, 0.3) is 10.8 Å². The predicted molar refractivity (Wildman–Crippen MR) is 80.2 cm³/mol. The number of carbonyl (C=O) groups is 2. The smallest absolute Gasteiger partial charge is 0.326 e. The molecule has 0 saturated heterocycles. The van der Waals surface area contributed by atoms with Crippen LogP contribution < -0.4 is 11.1 Å². The van der Waals surface area contributed by atoms with Crippen molar-refractivity contribution in [3.63, 3.8) is 0 Å². The highest BCUT2D eigenvalue weighted by Gasteiger charge is 2.19. The minimum atomic E-state index is -1.08. The Bertz CT molecular complexity index is 690. The number of nitrogens with one attached hydrogen (secondary N) is 1. The summed E-state index contributed by atoms with van der Waals surface area (Å²) in [5.41, 5.74) is 5.05. The zero-order valence-electron chi connectivity index (χ0n) is 11.0. The number of carbonyl (C=O) groups excluding carboxylic acids is 1. The Labute approximate surface area is 125 Å². The van der Waals surface area contributed by atoms with Crippen molar-refractivity contribution in [2.24, 2.45) is 5.73 Å². The molecule has 2 aromatic rings. The number of fused-ring (bicyclic) bond motifs is 1. The van der Waals surface area contributed by atoms with Gasteiger partial charge in [0.25, 0.3) is 0 Å². The van der Waals surface area contributed by atoms with Crippen molar-refractivity contribution in [3.05, 3.63) is 35.5 Å². The van der Waals surface area contributed by atoms with E-state index in [-0.39, 0.29) is 18.0 Å². The van der Waals surface area contributed by atoms with E-state index in [9.17, 15) is 14.7 Å². The molecule has 2 rings (SSSR count). The predicted octanol–water partition coefficient (Wildman–Crippen LogP) is 2.02. The summed E-state index contributed by atoms with van der Waals surface area (Å²) in [6, 6.07) is 8.07. The van der Waals surface area contributed by atoms with Crippen LogP contribution in [0.15, 0.2) is 30.3 Å². The van der Waals surface area contributed by atoms with Crippen LogP contribution in [-0.4, -0.2) is 28.0 Å². The lowest BCUT2D eigenvalue weighted by Crippen LogP contribution is -2.31. The maximum Gasteiger partial charge on any atom is 0.326 e. The van der Waals surface area contributed by atoms with Crippen LogP contribution in [0, 0.1) is 0 Å². The highest BCUT2D eigenvalue weighted by Crippen LogP contribution is 2.25. The first-order chi connectivity index (χ1) is 9.97. The summed E-state index contributed by atoms with van der Waals surface area (Å²) in [4.78, 5) is 26.2. The molecule has 0 spiro atoms. The monoisotopic (exact) mass is 307 g/mol. The van der Waals surface area contributed by atoms with E-state index in [2.05, 4.69) is 10.3 Å². The molecule has 0 aliphatic carbocycles. The second-order valence-corrected chi connectivity index (χ2v) is 4.94. The van der Waals surface area contributed by atoms with Gasteiger partial charge in [0.05, 0.1) is 0 Å². The molecule has 4 N–H and O–H groups in total. The van der Waals surface area contributed by atoms with Crippen LogP contribution >= 0.6 is 11.6 Å². The van der Waals surface area contributed by atoms with Crippen molar-refractivity contribution in [2.45, 2.75) is 18.9 Å². The first-order valence-corrected chi connectivity index (χ1v) is 6.68. The van der Waals surface area contributed by atoms with Gasteiger partial charge in [-0.1, -0.05) is 35.9 Å². The summed E-state index contributed by atoms with van der Waals surface area (Å²) < 4.78 is 0. The van der Waals surface area contributed by atoms with Crippen LogP contribution in [0.2, 0.25) is 5.15 Å². The highest BCUT2D eigenvalue weighted by molar-refractivity contribution is 6.30. The number of hydrogen-bond acceptors (Lipinski definition) is 4. The minimum Gasteiger partial charge on any atom is -0.480 e. The SMILES string of the molecule is NC(=O)CCC(Nc1nc(Cl)cc2ccccc12)C(=O)O. The first-order valence-electron chi connectivity index (χ1n) is 6.30. The van der Waals surface area contributed by atoms with Gasteiger partial charge in [-0.05, 0) is 17.9 Å². The third kappa shape index (κ3) is 3.82.